The number of alkyl halides is 3. The second kappa shape index (κ2) is 6.30. The van der Waals surface area contributed by atoms with E-state index in [1.165, 1.54) is 18.3 Å². The molecular formula is C15H13F3N2O. The Kier molecular flexibility index (Phi) is 4.47. The Bertz CT molecular complexity index is 639. The molecule has 0 bridgehead atoms. The van der Waals surface area contributed by atoms with E-state index in [0.29, 0.717) is 5.75 Å². The van der Waals surface area contributed by atoms with Gasteiger partial charge in [-0.05, 0) is 35.9 Å². The first kappa shape index (κ1) is 14.9. The molecule has 0 aliphatic carbocycles. The number of hydrogen-bond acceptors (Lipinski definition) is 3. The number of rotatable bonds is 4. The summed E-state index contributed by atoms with van der Waals surface area (Å²) in [7, 11) is 1.55. The SMILES string of the molecule is COc1cccc(C=NNc2cccc(C(F)(F)F)c2)c1. The molecule has 0 saturated carbocycles. The van der Waals surface area contributed by atoms with Crippen molar-refractivity contribution in [3.63, 3.8) is 0 Å². The summed E-state index contributed by atoms with van der Waals surface area (Å²) in [5.41, 5.74) is 2.89. The van der Waals surface area contributed by atoms with E-state index in [1.807, 2.05) is 0 Å². The van der Waals surface area contributed by atoms with Crippen LogP contribution < -0.4 is 10.2 Å². The van der Waals surface area contributed by atoms with Crippen molar-refractivity contribution in [1.82, 2.24) is 0 Å². The maximum absolute atomic E-state index is 12.6. The molecule has 0 saturated heterocycles. The Balaban J connectivity index is 2.07. The maximum Gasteiger partial charge on any atom is 0.416 e. The third kappa shape index (κ3) is 4.24. The number of anilines is 1. The van der Waals surface area contributed by atoms with E-state index in [2.05, 4.69) is 10.5 Å². The fourth-order valence-electron chi connectivity index (χ4n) is 1.67. The summed E-state index contributed by atoms with van der Waals surface area (Å²) in [6.07, 6.45) is -2.86. The summed E-state index contributed by atoms with van der Waals surface area (Å²) in [6, 6.07) is 12.0. The van der Waals surface area contributed by atoms with Crippen LogP contribution in [0.15, 0.2) is 53.6 Å². The molecule has 0 spiro atoms. The molecule has 110 valence electrons. The van der Waals surface area contributed by atoms with Crippen LogP contribution in [0.25, 0.3) is 0 Å². The molecule has 0 aliphatic heterocycles. The van der Waals surface area contributed by atoms with E-state index in [1.54, 1.807) is 31.4 Å². The lowest BCUT2D eigenvalue weighted by Crippen LogP contribution is -2.05. The number of hydrazone groups is 1. The van der Waals surface area contributed by atoms with Gasteiger partial charge in [0.2, 0.25) is 0 Å². The standard InChI is InChI=1S/C15H13F3N2O/c1-21-14-7-2-4-11(8-14)10-19-20-13-6-3-5-12(9-13)15(16,17)18/h2-10,20H,1H3. The fourth-order valence-corrected chi connectivity index (χ4v) is 1.67. The lowest BCUT2D eigenvalue weighted by molar-refractivity contribution is -0.137. The Labute approximate surface area is 120 Å². The van der Waals surface area contributed by atoms with Crippen molar-refractivity contribution in [2.24, 2.45) is 5.10 Å². The molecule has 2 aromatic carbocycles. The predicted molar refractivity (Wildman–Crippen MR) is 75.7 cm³/mol. The first-order valence-corrected chi connectivity index (χ1v) is 6.09. The lowest BCUT2D eigenvalue weighted by atomic mass is 10.2. The topological polar surface area (TPSA) is 33.6 Å². The molecule has 6 heteroatoms. The summed E-state index contributed by atoms with van der Waals surface area (Å²) in [5.74, 6) is 0.679. The molecular weight excluding hydrogens is 281 g/mol. The average Bonchev–Trinajstić information content (AvgIpc) is 2.47. The smallest absolute Gasteiger partial charge is 0.416 e. The van der Waals surface area contributed by atoms with Gasteiger partial charge in [0.15, 0.2) is 0 Å². The number of methoxy groups -OCH3 is 1. The van der Waals surface area contributed by atoms with Gasteiger partial charge in [-0.2, -0.15) is 18.3 Å². The first-order chi connectivity index (χ1) is 9.99. The first-order valence-electron chi connectivity index (χ1n) is 6.09. The molecule has 2 rings (SSSR count). The van der Waals surface area contributed by atoms with Crippen molar-refractivity contribution in [2.45, 2.75) is 6.18 Å². The van der Waals surface area contributed by atoms with Gasteiger partial charge < -0.3 is 4.74 Å². The Morgan fingerprint density at radius 1 is 1.10 bits per heavy atom. The van der Waals surface area contributed by atoms with Gasteiger partial charge in [-0.1, -0.05) is 18.2 Å². The number of halogens is 3. The minimum atomic E-state index is -4.37. The Morgan fingerprint density at radius 2 is 1.86 bits per heavy atom. The van der Waals surface area contributed by atoms with E-state index in [4.69, 9.17) is 4.74 Å². The van der Waals surface area contributed by atoms with Crippen LogP contribution in [0.5, 0.6) is 5.75 Å². The lowest BCUT2D eigenvalue weighted by Gasteiger charge is -2.08. The van der Waals surface area contributed by atoms with Crippen LogP contribution in [-0.2, 0) is 6.18 Å². The van der Waals surface area contributed by atoms with Gasteiger partial charge in [-0.25, -0.2) is 0 Å². The van der Waals surface area contributed by atoms with Crippen LogP contribution in [0, 0.1) is 0 Å². The summed E-state index contributed by atoms with van der Waals surface area (Å²) in [4.78, 5) is 0. The van der Waals surface area contributed by atoms with Crippen molar-refractivity contribution in [3.8, 4) is 5.75 Å². The van der Waals surface area contributed by atoms with Crippen LogP contribution in [-0.4, -0.2) is 13.3 Å². The highest BCUT2D eigenvalue weighted by atomic mass is 19.4. The van der Waals surface area contributed by atoms with Crippen molar-refractivity contribution in [2.75, 3.05) is 12.5 Å². The summed E-state index contributed by atoms with van der Waals surface area (Å²) in [5, 5.41) is 3.91. The van der Waals surface area contributed by atoms with Gasteiger partial charge in [0.05, 0.1) is 24.6 Å². The zero-order valence-corrected chi connectivity index (χ0v) is 11.2. The third-order valence-electron chi connectivity index (χ3n) is 2.69. The molecule has 0 amide bonds. The van der Waals surface area contributed by atoms with Crippen LogP contribution in [0.2, 0.25) is 0 Å². The molecule has 0 heterocycles. The van der Waals surface area contributed by atoms with E-state index in [-0.39, 0.29) is 5.69 Å². The van der Waals surface area contributed by atoms with Gasteiger partial charge in [-0.3, -0.25) is 5.43 Å². The van der Waals surface area contributed by atoms with Crippen LogP contribution in [0.3, 0.4) is 0 Å². The zero-order chi connectivity index (χ0) is 15.3. The number of ether oxygens (including phenoxy) is 1. The van der Waals surface area contributed by atoms with Gasteiger partial charge >= 0.3 is 6.18 Å². The van der Waals surface area contributed by atoms with Crippen LogP contribution >= 0.6 is 0 Å². The quantitative estimate of drug-likeness (QED) is 0.678. The van der Waals surface area contributed by atoms with Crippen LogP contribution in [0.4, 0.5) is 18.9 Å². The maximum atomic E-state index is 12.6. The van der Waals surface area contributed by atoms with Gasteiger partial charge in [-0.15, -0.1) is 0 Å². The molecule has 3 nitrogen and oxygen atoms in total. The van der Waals surface area contributed by atoms with Gasteiger partial charge in [0, 0.05) is 0 Å². The predicted octanol–water partition coefficient (Wildman–Crippen LogP) is 4.16. The molecule has 1 N–H and O–H groups in total. The Hall–Kier alpha value is -2.50. The molecule has 2 aromatic rings. The van der Waals surface area contributed by atoms with Crippen molar-refractivity contribution in [3.05, 3.63) is 59.7 Å². The average molecular weight is 294 g/mol. The molecule has 0 aromatic heterocycles. The zero-order valence-electron chi connectivity index (χ0n) is 11.2. The minimum Gasteiger partial charge on any atom is -0.497 e. The molecule has 0 aliphatic rings. The van der Waals surface area contributed by atoms with Crippen molar-refractivity contribution in [1.29, 1.82) is 0 Å². The van der Waals surface area contributed by atoms with Gasteiger partial charge in [0.1, 0.15) is 5.75 Å². The minimum absolute atomic E-state index is 0.268. The van der Waals surface area contributed by atoms with Crippen LogP contribution in [0.1, 0.15) is 11.1 Å². The second-order valence-electron chi connectivity index (χ2n) is 4.23. The highest BCUT2D eigenvalue weighted by Crippen LogP contribution is 2.30. The van der Waals surface area contributed by atoms with Crippen molar-refractivity contribution < 1.29 is 17.9 Å². The number of benzene rings is 2. The monoisotopic (exact) mass is 294 g/mol. The molecule has 21 heavy (non-hydrogen) atoms. The molecule has 0 radical (unpaired) electrons. The van der Waals surface area contributed by atoms with E-state index in [9.17, 15) is 13.2 Å². The van der Waals surface area contributed by atoms with E-state index >= 15 is 0 Å². The summed E-state index contributed by atoms with van der Waals surface area (Å²) >= 11 is 0. The normalized spacial score (nSPS) is 11.6. The summed E-state index contributed by atoms with van der Waals surface area (Å²) < 4.78 is 42.7. The largest absolute Gasteiger partial charge is 0.497 e. The molecule has 0 fully saturated rings. The molecule has 0 unspecified atom stereocenters. The number of nitrogens with zero attached hydrogens (tertiary/aromatic N) is 1. The Morgan fingerprint density at radius 3 is 2.57 bits per heavy atom. The van der Waals surface area contributed by atoms with Crippen molar-refractivity contribution >= 4 is 11.9 Å². The van der Waals surface area contributed by atoms with Gasteiger partial charge in [0.25, 0.3) is 0 Å². The fraction of sp³-hybridized carbons (Fsp3) is 0.133. The second-order valence-corrected chi connectivity index (χ2v) is 4.23. The molecule has 0 atom stereocenters. The highest BCUT2D eigenvalue weighted by molar-refractivity contribution is 5.80. The van der Waals surface area contributed by atoms with E-state index in [0.717, 1.165) is 17.7 Å². The highest BCUT2D eigenvalue weighted by Gasteiger charge is 2.30. The number of hydrogen-bond donors (Lipinski definition) is 1. The summed E-state index contributed by atoms with van der Waals surface area (Å²) in [6.45, 7) is 0. The van der Waals surface area contributed by atoms with E-state index < -0.39 is 11.7 Å². The third-order valence-corrected chi connectivity index (χ3v) is 2.69. The number of nitrogens with one attached hydrogen (secondary N) is 1.